The molecule has 2 aliphatic heterocycles. The maximum Gasteiger partial charge on any atom is 0.340 e. The first kappa shape index (κ1) is 20.4. The molecule has 1 fully saturated rings. The highest BCUT2D eigenvalue weighted by Gasteiger charge is 2.49. The van der Waals surface area contributed by atoms with Crippen LogP contribution < -0.4 is 5.32 Å². The van der Waals surface area contributed by atoms with Crippen LogP contribution in [-0.2, 0) is 23.2 Å². The number of carbonyl (C=O) groups excluding carboxylic acids is 1. The van der Waals surface area contributed by atoms with Crippen LogP contribution in [0.3, 0.4) is 0 Å². The predicted molar refractivity (Wildman–Crippen MR) is 77.4 cm³/mol. The van der Waals surface area contributed by atoms with Gasteiger partial charge in [0, 0.05) is 12.3 Å². The molecule has 2 aliphatic rings. The van der Waals surface area contributed by atoms with E-state index in [1.807, 2.05) is 0 Å². The third kappa shape index (κ3) is 5.30. The first-order valence-corrected chi connectivity index (χ1v) is 10.4. The van der Waals surface area contributed by atoms with Crippen LogP contribution in [0.5, 0.6) is 0 Å². The fourth-order valence-electron chi connectivity index (χ4n) is 2.25. The van der Waals surface area contributed by atoms with E-state index in [-0.39, 0.29) is 0 Å². The lowest BCUT2D eigenvalue weighted by atomic mass is 10.1. The second-order valence-corrected chi connectivity index (χ2v) is 9.38. The van der Waals surface area contributed by atoms with E-state index in [1.54, 1.807) is 0 Å². The van der Waals surface area contributed by atoms with Crippen molar-refractivity contribution in [2.24, 2.45) is 0 Å². The van der Waals surface area contributed by atoms with Crippen molar-refractivity contribution in [2.45, 2.75) is 31.0 Å². The molecule has 6 atom stereocenters. The Labute approximate surface area is 140 Å². The summed E-state index contributed by atoms with van der Waals surface area (Å²) in [6, 6.07) is 0. The van der Waals surface area contributed by atoms with Gasteiger partial charge in [-0.3, -0.25) is 13.9 Å². The van der Waals surface area contributed by atoms with Gasteiger partial charge in [0.2, 0.25) is 12.3 Å². The molecule has 0 spiro atoms. The number of nitrogens with one attached hydrogen (secondary N) is 1. The molecule has 1 saturated heterocycles. The monoisotopic (exact) mass is 406 g/mol. The third-order valence-corrected chi connectivity index (χ3v) is 6.80. The lowest BCUT2D eigenvalue weighted by Crippen LogP contribution is -2.54. The number of hydrogen-bond donors (Lipinski definition) is 6. The van der Waals surface area contributed by atoms with E-state index < -0.39 is 64.6 Å². The number of halogens is 1. The van der Waals surface area contributed by atoms with Crippen LogP contribution in [0.25, 0.3) is 0 Å². The van der Waals surface area contributed by atoms with Crippen LogP contribution in [0.2, 0.25) is 0 Å². The molecule has 4 unspecified atom stereocenters. The topological polar surface area (TPSA) is 186 Å². The highest BCUT2D eigenvalue weighted by Crippen LogP contribution is 2.55. The average Bonchev–Trinajstić information content (AvgIpc) is 2.71. The lowest BCUT2D eigenvalue weighted by molar-refractivity contribution is -0.147. The van der Waals surface area contributed by atoms with E-state index in [2.05, 4.69) is 9.84 Å². The van der Waals surface area contributed by atoms with Gasteiger partial charge in [-0.05, 0) is 0 Å². The van der Waals surface area contributed by atoms with Gasteiger partial charge in [0.1, 0.15) is 12.2 Å². The molecule has 12 nitrogen and oxygen atoms in total. The van der Waals surface area contributed by atoms with Crippen molar-refractivity contribution < 1.29 is 52.5 Å². The second kappa shape index (κ2) is 7.39. The number of carbonyl (C=O) groups is 1. The first-order chi connectivity index (χ1) is 11.4. The average molecular weight is 406 g/mol. The van der Waals surface area contributed by atoms with Crippen LogP contribution in [0.4, 0.5) is 4.39 Å². The van der Waals surface area contributed by atoms with Crippen LogP contribution in [-0.4, -0.2) is 79.2 Å². The number of hydrogen-bond acceptors (Lipinski definition) is 8. The molecule has 0 aromatic carbocycles. The van der Waals surface area contributed by atoms with E-state index in [0.29, 0.717) is 0 Å². The van der Waals surface area contributed by atoms with Crippen LogP contribution in [0, 0.1) is 0 Å². The van der Waals surface area contributed by atoms with Gasteiger partial charge in [-0.2, -0.15) is 0 Å². The molecule has 0 aliphatic carbocycles. The predicted octanol–water partition coefficient (Wildman–Crippen LogP) is -2.03. The van der Waals surface area contributed by atoms with Gasteiger partial charge in [0.25, 0.3) is 0 Å². The van der Waals surface area contributed by atoms with Gasteiger partial charge >= 0.3 is 15.2 Å². The van der Waals surface area contributed by atoms with Crippen LogP contribution >= 0.6 is 15.2 Å². The molecule has 1 amide bonds. The fourth-order valence-corrected chi connectivity index (χ4v) is 4.82. The van der Waals surface area contributed by atoms with E-state index in [4.69, 9.17) is 14.5 Å². The Morgan fingerprint density at radius 3 is 2.52 bits per heavy atom. The summed E-state index contributed by atoms with van der Waals surface area (Å²) in [5.41, 5.74) is 0. The van der Waals surface area contributed by atoms with Crippen molar-refractivity contribution in [3.63, 3.8) is 0 Å². The summed E-state index contributed by atoms with van der Waals surface area (Å²) in [4.78, 5) is 38.6. The number of amides is 1. The van der Waals surface area contributed by atoms with Gasteiger partial charge in [-0.15, -0.1) is 0 Å². The van der Waals surface area contributed by atoms with Crippen molar-refractivity contribution >= 4 is 21.1 Å². The molecule has 6 N–H and O–H groups in total. The minimum Gasteiger partial charge on any atom is -0.387 e. The standard InChI is InChI=1S/C10H17FN2O10P2/c11-7-8(15)5(3-22-25(20,21)4-24(17,18)19)23-9(7)13-2-1-6(14)12-10(13)16/h1-2,5,7-10,15-16H,3-4H2,(H,12,14)(H,20,21)(H2,17,18,19)/t5-,7?,8?,9-,10?/m1/s1. The molecule has 0 aromatic rings. The normalized spacial score (nSPS) is 35.5. The molecule has 2 rings (SSSR count). The number of ether oxygens (including phenoxy) is 1. The number of nitrogens with zero attached hydrogens (tertiary/aromatic N) is 1. The Hall–Kier alpha value is -0.880. The summed E-state index contributed by atoms with van der Waals surface area (Å²) < 4.78 is 46.1. The highest BCUT2D eigenvalue weighted by molar-refractivity contribution is 7.70. The Balaban J connectivity index is 2.00. The summed E-state index contributed by atoms with van der Waals surface area (Å²) in [6.07, 6.45) is -6.44. The Morgan fingerprint density at radius 2 is 1.96 bits per heavy atom. The Kier molecular flexibility index (Phi) is 6.04. The Bertz CT molecular complexity index is 641. The van der Waals surface area contributed by atoms with Crippen molar-refractivity contribution in [2.75, 3.05) is 12.5 Å². The lowest BCUT2D eigenvalue weighted by Gasteiger charge is -2.34. The molecule has 2 heterocycles. The molecule has 25 heavy (non-hydrogen) atoms. The van der Waals surface area contributed by atoms with E-state index in [9.17, 15) is 33.4 Å². The van der Waals surface area contributed by atoms with Crippen molar-refractivity contribution in [1.29, 1.82) is 0 Å². The van der Waals surface area contributed by atoms with Gasteiger partial charge < -0.3 is 44.4 Å². The van der Waals surface area contributed by atoms with E-state index >= 15 is 0 Å². The summed E-state index contributed by atoms with van der Waals surface area (Å²) >= 11 is 0. The molecular weight excluding hydrogens is 389 g/mol. The smallest absolute Gasteiger partial charge is 0.340 e. The summed E-state index contributed by atoms with van der Waals surface area (Å²) in [6.45, 7) is -0.828. The summed E-state index contributed by atoms with van der Waals surface area (Å²) in [5, 5.41) is 21.6. The first-order valence-electron chi connectivity index (χ1n) is 6.82. The zero-order valence-corrected chi connectivity index (χ0v) is 14.2. The van der Waals surface area contributed by atoms with Crippen LogP contribution in [0.1, 0.15) is 0 Å². The molecule has 0 saturated carbocycles. The van der Waals surface area contributed by atoms with Gasteiger partial charge in [-0.25, -0.2) is 4.39 Å². The van der Waals surface area contributed by atoms with Gasteiger partial charge in [0.15, 0.2) is 18.3 Å². The largest absolute Gasteiger partial charge is 0.387 e. The zero-order chi connectivity index (χ0) is 19.0. The van der Waals surface area contributed by atoms with Crippen LogP contribution in [0.15, 0.2) is 12.3 Å². The van der Waals surface area contributed by atoms with Crippen molar-refractivity contribution in [1.82, 2.24) is 10.2 Å². The quantitative estimate of drug-likeness (QED) is 0.267. The summed E-state index contributed by atoms with van der Waals surface area (Å²) in [5.74, 6) is -2.07. The Morgan fingerprint density at radius 1 is 1.32 bits per heavy atom. The number of alkyl halides is 1. The van der Waals surface area contributed by atoms with Crippen molar-refractivity contribution in [3.05, 3.63) is 12.3 Å². The fraction of sp³-hybridized carbons (Fsp3) is 0.700. The van der Waals surface area contributed by atoms with E-state index in [1.165, 1.54) is 0 Å². The second-order valence-electron chi connectivity index (χ2n) is 5.38. The molecule has 0 aromatic heterocycles. The van der Waals surface area contributed by atoms with Gasteiger partial charge in [-0.1, -0.05) is 0 Å². The van der Waals surface area contributed by atoms with Gasteiger partial charge in [0.05, 0.1) is 6.61 Å². The molecule has 144 valence electrons. The highest BCUT2D eigenvalue weighted by atomic mass is 31.2. The maximum atomic E-state index is 14.2. The molecule has 0 radical (unpaired) electrons. The minimum absolute atomic E-state index is 0.628. The molecule has 0 bridgehead atoms. The number of aliphatic hydroxyl groups excluding tert-OH is 2. The molecule has 15 heteroatoms. The zero-order valence-electron chi connectivity index (χ0n) is 12.5. The third-order valence-electron chi connectivity index (χ3n) is 3.34. The maximum absolute atomic E-state index is 14.2. The molecular formula is C10H17FN2O10P2. The summed E-state index contributed by atoms with van der Waals surface area (Å²) in [7, 11) is -9.53. The number of aliphatic hydroxyl groups is 2. The SMILES string of the molecule is O=C1C=CN([C@@H]2O[C@H](COP(=O)(O)CP(=O)(O)O)C(O)C2F)C(O)N1. The minimum atomic E-state index is -4.83. The van der Waals surface area contributed by atoms with Crippen molar-refractivity contribution in [3.8, 4) is 0 Å². The van der Waals surface area contributed by atoms with E-state index in [0.717, 1.165) is 17.2 Å². The number of rotatable bonds is 6.